The van der Waals surface area contributed by atoms with Gasteiger partial charge in [0.1, 0.15) is 0 Å². The Bertz CT molecular complexity index is 510. The Morgan fingerprint density at radius 2 is 2.11 bits per heavy atom. The van der Waals surface area contributed by atoms with Crippen LogP contribution in [-0.4, -0.2) is 37.3 Å². The van der Waals surface area contributed by atoms with E-state index in [1.54, 1.807) is 14.2 Å². The molecule has 1 N–H and O–H groups in total. The highest BCUT2D eigenvalue weighted by atomic mass is 16.7. The van der Waals surface area contributed by atoms with Crippen LogP contribution in [0, 0.1) is 6.92 Å². The highest BCUT2D eigenvalue weighted by Gasteiger charge is 2.09. The zero-order chi connectivity index (χ0) is 13.7. The van der Waals surface area contributed by atoms with Crippen molar-refractivity contribution in [2.75, 3.05) is 26.1 Å². The van der Waals surface area contributed by atoms with E-state index in [-0.39, 0.29) is 6.29 Å². The van der Waals surface area contributed by atoms with Crippen LogP contribution < -0.4 is 5.32 Å². The van der Waals surface area contributed by atoms with Crippen LogP contribution in [0.15, 0.2) is 29.0 Å². The number of methoxy groups -OCH3 is 2. The van der Waals surface area contributed by atoms with E-state index in [4.69, 9.17) is 13.9 Å². The third-order valence-electron chi connectivity index (χ3n) is 2.83. The maximum Gasteiger partial charge on any atom is 0.247 e. The molecule has 2 aromatic rings. The number of aromatic nitrogens is 2. The summed E-state index contributed by atoms with van der Waals surface area (Å²) >= 11 is 0. The molecule has 0 aliphatic heterocycles. The molecule has 0 aliphatic carbocycles. The quantitative estimate of drug-likeness (QED) is 0.805. The minimum Gasteiger partial charge on any atom is -0.423 e. The topological polar surface area (TPSA) is 69.4 Å². The van der Waals surface area contributed by atoms with Crippen molar-refractivity contribution >= 4 is 5.69 Å². The van der Waals surface area contributed by atoms with Gasteiger partial charge >= 0.3 is 0 Å². The molecule has 0 bridgehead atoms. The molecular formula is C13H17N3O3. The second-order valence-corrected chi connectivity index (χ2v) is 4.06. The molecule has 0 saturated heterocycles. The first kappa shape index (κ1) is 13.5. The van der Waals surface area contributed by atoms with E-state index in [1.807, 2.05) is 25.1 Å². The molecule has 0 saturated carbocycles. The number of nitrogens with zero attached hydrogens (tertiary/aromatic N) is 2. The van der Waals surface area contributed by atoms with Crippen LogP contribution >= 0.6 is 0 Å². The van der Waals surface area contributed by atoms with Gasteiger partial charge < -0.3 is 19.2 Å². The third-order valence-corrected chi connectivity index (χ3v) is 2.83. The second kappa shape index (κ2) is 6.31. The number of ether oxygens (including phenoxy) is 2. The molecule has 19 heavy (non-hydrogen) atoms. The predicted molar refractivity (Wildman–Crippen MR) is 70.8 cm³/mol. The Morgan fingerprint density at radius 1 is 1.32 bits per heavy atom. The summed E-state index contributed by atoms with van der Waals surface area (Å²) < 4.78 is 15.5. The third kappa shape index (κ3) is 3.30. The molecule has 0 spiro atoms. The lowest BCUT2D eigenvalue weighted by Crippen LogP contribution is -2.23. The number of nitrogens with one attached hydrogen (secondary N) is 1. The number of anilines is 1. The van der Waals surface area contributed by atoms with Crippen molar-refractivity contribution < 1.29 is 13.9 Å². The van der Waals surface area contributed by atoms with Crippen LogP contribution in [0.1, 0.15) is 5.56 Å². The van der Waals surface area contributed by atoms with Crippen LogP contribution in [0.4, 0.5) is 5.69 Å². The van der Waals surface area contributed by atoms with Gasteiger partial charge in [-0.3, -0.25) is 0 Å². The fraction of sp³-hybridized carbons (Fsp3) is 0.385. The zero-order valence-corrected chi connectivity index (χ0v) is 11.2. The standard InChI is InChI=1S/C13H17N3O3/c1-9-4-5-10(13-16-15-8-19-13)6-11(9)14-7-12(17-2)18-3/h4-6,8,12,14H,7H2,1-3H3. The first-order chi connectivity index (χ1) is 9.24. The first-order valence-corrected chi connectivity index (χ1v) is 5.91. The fourth-order valence-corrected chi connectivity index (χ4v) is 1.70. The van der Waals surface area contributed by atoms with Crippen LogP contribution in [0.3, 0.4) is 0 Å². The lowest BCUT2D eigenvalue weighted by Gasteiger charge is -2.16. The predicted octanol–water partition coefficient (Wildman–Crippen LogP) is 2.08. The molecule has 1 heterocycles. The van der Waals surface area contributed by atoms with Gasteiger partial charge in [-0.1, -0.05) is 6.07 Å². The maximum absolute atomic E-state index is 5.18. The van der Waals surface area contributed by atoms with E-state index < -0.39 is 0 Å². The number of hydrogen-bond donors (Lipinski definition) is 1. The van der Waals surface area contributed by atoms with Gasteiger partial charge in [0.15, 0.2) is 6.29 Å². The minimum atomic E-state index is -0.286. The van der Waals surface area contributed by atoms with Gasteiger partial charge in [-0.2, -0.15) is 0 Å². The summed E-state index contributed by atoms with van der Waals surface area (Å²) in [5.41, 5.74) is 2.97. The van der Waals surface area contributed by atoms with Crippen molar-refractivity contribution in [2.45, 2.75) is 13.2 Å². The molecule has 0 fully saturated rings. The smallest absolute Gasteiger partial charge is 0.247 e. The van der Waals surface area contributed by atoms with E-state index in [2.05, 4.69) is 15.5 Å². The molecule has 1 aromatic carbocycles. The van der Waals surface area contributed by atoms with Gasteiger partial charge in [0.25, 0.3) is 0 Å². The summed E-state index contributed by atoms with van der Waals surface area (Å²) in [5, 5.41) is 10.8. The Hall–Kier alpha value is -1.92. The number of benzene rings is 1. The fourth-order valence-electron chi connectivity index (χ4n) is 1.70. The molecule has 0 atom stereocenters. The summed E-state index contributed by atoms with van der Waals surface area (Å²) in [6, 6.07) is 5.90. The average Bonchev–Trinajstić information content (AvgIpc) is 2.96. The van der Waals surface area contributed by atoms with Crippen molar-refractivity contribution in [3.05, 3.63) is 30.2 Å². The van der Waals surface area contributed by atoms with Crippen molar-refractivity contribution in [1.82, 2.24) is 10.2 Å². The van der Waals surface area contributed by atoms with Gasteiger partial charge in [-0.25, -0.2) is 0 Å². The molecule has 2 rings (SSSR count). The Balaban J connectivity index is 2.14. The van der Waals surface area contributed by atoms with Gasteiger partial charge in [-0.15, -0.1) is 10.2 Å². The number of rotatable bonds is 6. The number of hydrogen-bond acceptors (Lipinski definition) is 6. The Kier molecular flexibility index (Phi) is 4.48. The summed E-state index contributed by atoms with van der Waals surface area (Å²) in [6.45, 7) is 2.58. The van der Waals surface area contributed by atoms with E-state index in [0.717, 1.165) is 16.8 Å². The van der Waals surface area contributed by atoms with E-state index >= 15 is 0 Å². The van der Waals surface area contributed by atoms with E-state index in [0.29, 0.717) is 12.4 Å². The Labute approximate surface area is 111 Å². The van der Waals surface area contributed by atoms with Gasteiger partial charge in [0.05, 0.1) is 6.54 Å². The molecule has 0 radical (unpaired) electrons. The molecular weight excluding hydrogens is 246 g/mol. The molecule has 0 aliphatic rings. The highest BCUT2D eigenvalue weighted by molar-refractivity contribution is 5.64. The zero-order valence-electron chi connectivity index (χ0n) is 11.2. The normalized spacial score (nSPS) is 10.9. The van der Waals surface area contributed by atoms with Crippen LogP contribution in [0.25, 0.3) is 11.5 Å². The summed E-state index contributed by atoms with van der Waals surface area (Å²) in [4.78, 5) is 0. The van der Waals surface area contributed by atoms with E-state index in [1.165, 1.54) is 6.39 Å². The monoisotopic (exact) mass is 263 g/mol. The molecule has 6 heteroatoms. The van der Waals surface area contributed by atoms with Crippen molar-refractivity contribution in [3.8, 4) is 11.5 Å². The SMILES string of the molecule is COC(CNc1cc(-c2nnco2)ccc1C)OC. The molecule has 0 unspecified atom stereocenters. The largest absolute Gasteiger partial charge is 0.423 e. The van der Waals surface area contributed by atoms with Crippen LogP contribution in [0.2, 0.25) is 0 Å². The van der Waals surface area contributed by atoms with Crippen LogP contribution in [0.5, 0.6) is 0 Å². The molecule has 0 amide bonds. The summed E-state index contributed by atoms with van der Waals surface area (Å²) in [7, 11) is 3.22. The number of aryl methyl sites for hydroxylation is 1. The van der Waals surface area contributed by atoms with Gasteiger partial charge in [0.2, 0.25) is 12.3 Å². The summed E-state index contributed by atoms with van der Waals surface area (Å²) in [6.07, 6.45) is 1.03. The van der Waals surface area contributed by atoms with Crippen LogP contribution in [-0.2, 0) is 9.47 Å². The minimum absolute atomic E-state index is 0.286. The van der Waals surface area contributed by atoms with Gasteiger partial charge in [-0.05, 0) is 24.6 Å². The summed E-state index contributed by atoms with van der Waals surface area (Å²) in [5.74, 6) is 0.498. The lowest BCUT2D eigenvalue weighted by atomic mass is 10.1. The van der Waals surface area contributed by atoms with E-state index in [9.17, 15) is 0 Å². The highest BCUT2D eigenvalue weighted by Crippen LogP contribution is 2.23. The van der Waals surface area contributed by atoms with Crippen molar-refractivity contribution in [2.24, 2.45) is 0 Å². The molecule has 6 nitrogen and oxygen atoms in total. The van der Waals surface area contributed by atoms with Crippen molar-refractivity contribution in [3.63, 3.8) is 0 Å². The maximum atomic E-state index is 5.18. The molecule has 102 valence electrons. The van der Waals surface area contributed by atoms with Gasteiger partial charge in [0, 0.05) is 25.5 Å². The van der Waals surface area contributed by atoms with Crippen molar-refractivity contribution in [1.29, 1.82) is 0 Å². The first-order valence-electron chi connectivity index (χ1n) is 5.91. The lowest BCUT2D eigenvalue weighted by molar-refractivity contribution is -0.0914. The molecule has 1 aromatic heterocycles. The second-order valence-electron chi connectivity index (χ2n) is 4.06. The Morgan fingerprint density at radius 3 is 2.74 bits per heavy atom. The average molecular weight is 263 g/mol.